The number of hydrogen-bond donors (Lipinski definition) is 0. The van der Waals surface area contributed by atoms with Crippen molar-refractivity contribution in [3.05, 3.63) is 0 Å². The Kier molecular flexibility index (Phi) is 5.48. The summed E-state index contributed by atoms with van der Waals surface area (Å²) in [4.78, 5) is 15.1. The second-order valence-electron chi connectivity index (χ2n) is 6.29. The third kappa shape index (κ3) is 4.27. The predicted molar refractivity (Wildman–Crippen MR) is 74.4 cm³/mol. The number of piperidine rings is 1. The minimum absolute atomic E-state index is 0.725. The fourth-order valence-corrected chi connectivity index (χ4v) is 3.54. The second kappa shape index (κ2) is 7.13. The maximum atomic E-state index is 10.6. The van der Waals surface area contributed by atoms with Gasteiger partial charge in [0.05, 0.1) is 0 Å². The summed E-state index contributed by atoms with van der Waals surface area (Å²) in [6, 6.07) is 0. The lowest BCUT2D eigenvalue weighted by Crippen LogP contribution is -2.40. The van der Waals surface area contributed by atoms with Gasteiger partial charge in [0.1, 0.15) is 0 Å². The molecule has 0 spiro atoms. The highest BCUT2D eigenvalue weighted by Gasteiger charge is 2.23. The van der Waals surface area contributed by atoms with Crippen LogP contribution < -0.4 is 0 Å². The molecule has 0 bridgehead atoms. The summed E-state index contributed by atoms with van der Waals surface area (Å²) < 4.78 is 0. The molecule has 18 heavy (non-hydrogen) atoms. The molecule has 0 atom stereocenters. The van der Waals surface area contributed by atoms with Crippen LogP contribution in [0.2, 0.25) is 0 Å². The molecule has 3 nitrogen and oxygen atoms in total. The zero-order valence-electron chi connectivity index (χ0n) is 11.8. The first-order valence-electron chi connectivity index (χ1n) is 7.66. The van der Waals surface area contributed by atoms with Gasteiger partial charge in [0.15, 0.2) is 0 Å². The highest BCUT2D eigenvalue weighted by molar-refractivity contribution is 5.46. The maximum absolute atomic E-state index is 10.6. The molecule has 1 amide bonds. The van der Waals surface area contributed by atoms with E-state index in [1.54, 1.807) is 4.90 Å². The minimum Gasteiger partial charge on any atom is -0.348 e. The van der Waals surface area contributed by atoms with Crippen molar-refractivity contribution >= 4 is 6.41 Å². The van der Waals surface area contributed by atoms with Gasteiger partial charge < -0.3 is 9.80 Å². The Morgan fingerprint density at radius 3 is 2.33 bits per heavy atom. The number of amides is 1. The smallest absolute Gasteiger partial charge is 0.209 e. The summed E-state index contributed by atoms with van der Waals surface area (Å²) in [5, 5.41) is 0. The molecule has 0 N–H and O–H groups in total. The largest absolute Gasteiger partial charge is 0.348 e. The summed E-state index contributed by atoms with van der Waals surface area (Å²) >= 11 is 0. The van der Waals surface area contributed by atoms with Gasteiger partial charge in [-0.15, -0.1) is 0 Å². The van der Waals surface area contributed by atoms with Gasteiger partial charge in [-0.1, -0.05) is 19.3 Å². The summed E-state index contributed by atoms with van der Waals surface area (Å²) in [5.41, 5.74) is 0. The van der Waals surface area contributed by atoms with Gasteiger partial charge in [-0.3, -0.25) is 4.79 Å². The van der Waals surface area contributed by atoms with Crippen LogP contribution in [-0.2, 0) is 4.79 Å². The molecule has 0 radical (unpaired) electrons. The lowest BCUT2D eigenvalue weighted by molar-refractivity contribution is -0.117. The maximum Gasteiger partial charge on any atom is 0.209 e. The van der Waals surface area contributed by atoms with Crippen LogP contribution in [0.1, 0.15) is 44.9 Å². The normalized spacial score (nSPS) is 24.1. The van der Waals surface area contributed by atoms with Crippen molar-refractivity contribution in [2.75, 3.05) is 33.2 Å². The quantitative estimate of drug-likeness (QED) is 0.701. The standard InChI is InChI=1S/C15H28N2O/c1-16(13-18)11-15-7-9-17(10-8-15)12-14-5-3-2-4-6-14/h13-15H,2-12H2,1H3. The average Bonchev–Trinajstić information content (AvgIpc) is 2.42. The Bertz CT molecular complexity index is 243. The third-order valence-electron chi connectivity index (χ3n) is 4.67. The first-order valence-corrected chi connectivity index (χ1v) is 7.66. The van der Waals surface area contributed by atoms with Gasteiger partial charge in [0.2, 0.25) is 6.41 Å². The van der Waals surface area contributed by atoms with Crippen LogP contribution in [0.3, 0.4) is 0 Å². The molecule has 3 heteroatoms. The highest BCUT2D eigenvalue weighted by atomic mass is 16.1. The fourth-order valence-electron chi connectivity index (χ4n) is 3.54. The number of likely N-dealkylation sites (tertiary alicyclic amines) is 1. The van der Waals surface area contributed by atoms with E-state index in [9.17, 15) is 4.79 Å². The van der Waals surface area contributed by atoms with E-state index in [4.69, 9.17) is 0 Å². The van der Waals surface area contributed by atoms with E-state index in [1.165, 1.54) is 64.6 Å². The fraction of sp³-hybridized carbons (Fsp3) is 0.933. The van der Waals surface area contributed by atoms with E-state index in [0.29, 0.717) is 0 Å². The third-order valence-corrected chi connectivity index (χ3v) is 4.67. The molecule has 2 fully saturated rings. The molecular formula is C15H28N2O. The molecule has 1 saturated carbocycles. The summed E-state index contributed by atoms with van der Waals surface area (Å²) in [5.74, 6) is 1.69. The van der Waals surface area contributed by atoms with Crippen molar-refractivity contribution in [1.29, 1.82) is 0 Å². The molecule has 0 unspecified atom stereocenters. The SMILES string of the molecule is CN(C=O)CC1CCN(CC2CCCCC2)CC1. The average molecular weight is 252 g/mol. The first kappa shape index (κ1) is 13.9. The van der Waals surface area contributed by atoms with Crippen molar-refractivity contribution in [3.8, 4) is 0 Å². The Morgan fingerprint density at radius 2 is 1.72 bits per heavy atom. The Balaban J connectivity index is 1.64. The van der Waals surface area contributed by atoms with Crippen LogP contribution >= 0.6 is 0 Å². The number of nitrogens with zero attached hydrogens (tertiary/aromatic N) is 2. The molecule has 0 aromatic heterocycles. The van der Waals surface area contributed by atoms with Crippen LogP contribution in [0, 0.1) is 11.8 Å². The van der Waals surface area contributed by atoms with Gasteiger partial charge in [-0.25, -0.2) is 0 Å². The van der Waals surface area contributed by atoms with E-state index in [1.807, 2.05) is 7.05 Å². The molecule has 1 saturated heterocycles. The van der Waals surface area contributed by atoms with E-state index in [2.05, 4.69) is 4.90 Å². The number of hydrogen-bond acceptors (Lipinski definition) is 2. The van der Waals surface area contributed by atoms with Gasteiger partial charge >= 0.3 is 0 Å². The zero-order valence-corrected chi connectivity index (χ0v) is 11.8. The van der Waals surface area contributed by atoms with Crippen LogP contribution in [0.15, 0.2) is 0 Å². The van der Waals surface area contributed by atoms with E-state index < -0.39 is 0 Å². The van der Waals surface area contributed by atoms with Crippen molar-refractivity contribution < 1.29 is 4.79 Å². The van der Waals surface area contributed by atoms with Crippen molar-refractivity contribution in [2.45, 2.75) is 44.9 Å². The van der Waals surface area contributed by atoms with Gasteiger partial charge in [-0.2, -0.15) is 0 Å². The van der Waals surface area contributed by atoms with Gasteiger partial charge in [0.25, 0.3) is 0 Å². The Morgan fingerprint density at radius 1 is 1.06 bits per heavy atom. The summed E-state index contributed by atoms with van der Waals surface area (Å²) in [6.45, 7) is 4.76. The molecular weight excluding hydrogens is 224 g/mol. The Hall–Kier alpha value is -0.570. The van der Waals surface area contributed by atoms with E-state index in [-0.39, 0.29) is 0 Å². The molecule has 0 aromatic rings. The summed E-state index contributed by atoms with van der Waals surface area (Å²) in [6.07, 6.45) is 10.7. The molecule has 104 valence electrons. The number of carbonyl (C=O) groups is 1. The predicted octanol–water partition coefficient (Wildman–Crippen LogP) is 2.37. The van der Waals surface area contributed by atoms with Gasteiger partial charge in [0, 0.05) is 20.1 Å². The van der Waals surface area contributed by atoms with Crippen LogP contribution in [0.25, 0.3) is 0 Å². The van der Waals surface area contributed by atoms with Crippen molar-refractivity contribution in [2.24, 2.45) is 11.8 Å². The van der Waals surface area contributed by atoms with Crippen molar-refractivity contribution in [3.63, 3.8) is 0 Å². The van der Waals surface area contributed by atoms with E-state index >= 15 is 0 Å². The lowest BCUT2D eigenvalue weighted by Gasteiger charge is -2.36. The Labute approximate surface area is 112 Å². The van der Waals surface area contributed by atoms with Gasteiger partial charge in [-0.05, 0) is 50.6 Å². The highest BCUT2D eigenvalue weighted by Crippen LogP contribution is 2.26. The monoisotopic (exact) mass is 252 g/mol. The molecule has 2 rings (SSSR count). The summed E-state index contributed by atoms with van der Waals surface area (Å²) in [7, 11) is 1.89. The van der Waals surface area contributed by atoms with Crippen LogP contribution in [0.5, 0.6) is 0 Å². The lowest BCUT2D eigenvalue weighted by atomic mass is 9.88. The van der Waals surface area contributed by atoms with Crippen molar-refractivity contribution in [1.82, 2.24) is 9.80 Å². The van der Waals surface area contributed by atoms with E-state index in [0.717, 1.165) is 24.8 Å². The topological polar surface area (TPSA) is 23.6 Å². The van der Waals surface area contributed by atoms with Crippen LogP contribution in [-0.4, -0.2) is 49.4 Å². The number of rotatable bonds is 5. The number of carbonyl (C=O) groups excluding carboxylic acids is 1. The second-order valence-corrected chi connectivity index (χ2v) is 6.29. The minimum atomic E-state index is 0.725. The zero-order chi connectivity index (χ0) is 12.8. The molecule has 1 heterocycles. The first-order chi connectivity index (χ1) is 8.78. The molecule has 1 aliphatic carbocycles. The van der Waals surface area contributed by atoms with Crippen LogP contribution in [0.4, 0.5) is 0 Å². The molecule has 1 aliphatic heterocycles. The molecule has 2 aliphatic rings. The molecule has 0 aromatic carbocycles.